The van der Waals surface area contributed by atoms with E-state index >= 15 is 0 Å². The minimum Gasteiger partial charge on any atom is -0.497 e. The van der Waals surface area contributed by atoms with Gasteiger partial charge in [0.1, 0.15) is 23.0 Å². The maximum atomic E-state index is 12.6. The predicted octanol–water partition coefficient (Wildman–Crippen LogP) is 3.06. The fourth-order valence-corrected chi connectivity index (χ4v) is 4.00. The summed E-state index contributed by atoms with van der Waals surface area (Å²) in [4.78, 5) is 23.7. The Labute approximate surface area is 193 Å². The number of anilines is 1. The van der Waals surface area contributed by atoms with Gasteiger partial charge < -0.3 is 19.7 Å². The third kappa shape index (κ3) is 5.87. The van der Waals surface area contributed by atoms with E-state index in [2.05, 4.69) is 37.4 Å². The van der Waals surface area contributed by atoms with Crippen molar-refractivity contribution in [1.82, 2.24) is 25.1 Å². The highest BCUT2D eigenvalue weighted by molar-refractivity contribution is 6.02. The van der Waals surface area contributed by atoms with Crippen LogP contribution in [0.15, 0.2) is 36.7 Å². The molecule has 3 heterocycles. The highest BCUT2D eigenvalue weighted by atomic mass is 16.5. The zero-order valence-electron chi connectivity index (χ0n) is 19.3. The molecular formula is C24H30N6O3. The number of carbonyl (C=O) groups is 1. The first-order chi connectivity index (χ1) is 16.0. The van der Waals surface area contributed by atoms with Gasteiger partial charge in [0, 0.05) is 24.2 Å². The van der Waals surface area contributed by atoms with Gasteiger partial charge in [-0.1, -0.05) is 0 Å². The van der Waals surface area contributed by atoms with E-state index in [1.165, 1.54) is 0 Å². The van der Waals surface area contributed by atoms with Crippen molar-refractivity contribution in [3.8, 4) is 11.5 Å². The molecule has 3 aromatic rings. The zero-order chi connectivity index (χ0) is 23.2. The van der Waals surface area contributed by atoms with Crippen molar-refractivity contribution in [3.05, 3.63) is 59.3 Å². The molecule has 0 unspecified atom stereocenters. The number of likely N-dealkylation sites (tertiary alicyclic amines) is 1. The molecule has 1 fully saturated rings. The number of H-pyrrole nitrogens is 1. The molecule has 0 saturated carbocycles. The Hall–Kier alpha value is -3.46. The van der Waals surface area contributed by atoms with Crippen LogP contribution in [-0.2, 0) is 12.8 Å². The summed E-state index contributed by atoms with van der Waals surface area (Å²) in [6, 6.07) is 7.63. The summed E-state index contributed by atoms with van der Waals surface area (Å²) in [6.45, 7) is 2.12. The number of carbonyl (C=O) groups excluding carboxylic acids is 1. The highest BCUT2D eigenvalue weighted by Crippen LogP contribution is 2.26. The Morgan fingerprint density at radius 1 is 1.06 bits per heavy atom. The molecule has 9 heteroatoms. The van der Waals surface area contributed by atoms with E-state index < -0.39 is 0 Å². The van der Waals surface area contributed by atoms with E-state index in [1.807, 2.05) is 24.3 Å². The summed E-state index contributed by atoms with van der Waals surface area (Å²) in [5.74, 6) is 2.12. The molecular weight excluding hydrogens is 420 g/mol. The number of hydrogen-bond donors (Lipinski definition) is 2. The van der Waals surface area contributed by atoms with Crippen LogP contribution in [0, 0.1) is 0 Å². The van der Waals surface area contributed by atoms with Crippen LogP contribution in [0.4, 0.5) is 5.82 Å². The second-order valence-electron chi connectivity index (χ2n) is 8.35. The van der Waals surface area contributed by atoms with Crippen LogP contribution in [0.3, 0.4) is 0 Å². The van der Waals surface area contributed by atoms with Crippen molar-refractivity contribution in [2.24, 2.45) is 0 Å². The number of methoxy groups -OCH3 is 2. The number of piperidine rings is 1. The van der Waals surface area contributed by atoms with Crippen molar-refractivity contribution in [2.45, 2.75) is 31.6 Å². The number of ether oxygens (including phenoxy) is 2. The molecule has 9 nitrogen and oxygen atoms in total. The first-order valence-corrected chi connectivity index (χ1v) is 11.1. The van der Waals surface area contributed by atoms with Crippen LogP contribution in [0.25, 0.3) is 0 Å². The van der Waals surface area contributed by atoms with Gasteiger partial charge in [-0.15, -0.1) is 0 Å². The summed E-state index contributed by atoms with van der Waals surface area (Å²) < 4.78 is 10.6. The monoisotopic (exact) mass is 450 g/mol. The van der Waals surface area contributed by atoms with Crippen LogP contribution < -0.4 is 14.8 Å². The van der Waals surface area contributed by atoms with Crippen LogP contribution in [0.2, 0.25) is 0 Å². The minimum atomic E-state index is -0.315. The molecule has 174 valence electrons. The van der Waals surface area contributed by atoms with Gasteiger partial charge in [0.05, 0.1) is 31.8 Å². The van der Waals surface area contributed by atoms with Crippen molar-refractivity contribution in [1.29, 1.82) is 0 Å². The van der Waals surface area contributed by atoms with Crippen molar-refractivity contribution in [2.75, 3.05) is 39.7 Å². The Balaban J connectivity index is 1.32. The quantitative estimate of drug-likeness (QED) is 0.543. The van der Waals surface area contributed by atoms with Gasteiger partial charge in [0.15, 0.2) is 0 Å². The fraction of sp³-hybridized carbons (Fsp3) is 0.417. The maximum absolute atomic E-state index is 12.6. The summed E-state index contributed by atoms with van der Waals surface area (Å²) >= 11 is 0. The molecule has 2 aromatic heterocycles. The lowest BCUT2D eigenvalue weighted by atomic mass is 9.94. The normalized spacial score (nSPS) is 14.8. The average Bonchev–Trinajstić information content (AvgIpc) is 3.30. The van der Waals surface area contributed by atoms with Crippen LogP contribution >= 0.6 is 0 Å². The van der Waals surface area contributed by atoms with Crippen molar-refractivity contribution in [3.63, 3.8) is 0 Å². The lowest BCUT2D eigenvalue weighted by Gasteiger charge is -2.28. The smallest absolute Gasteiger partial charge is 0.276 e. The lowest BCUT2D eigenvalue weighted by Crippen LogP contribution is -2.29. The molecule has 2 N–H and O–H groups in total. The first kappa shape index (κ1) is 22.7. The van der Waals surface area contributed by atoms with Gasteiger partial charge in [-0.05, 0) is 63.5 Å². The molecule has 0 atom stereocenters. The summed E-state index contributed by atoms with van der Waals surface area (Å²) in [6.07, 6.45) is 6.87. The molecule has 33 heavy (non-hydrogen) atoms. The average molecular weight is 451 g/mol. The van der Waals surface area contributed by atoms with Crippen LogP contribution in [0.5, 0.6) is 11.5 Å². The van der Waals surface area contributed by atoms with E-state index in [0.717, 1.165) is 60.8 Å². The van der Waals surface area contributed by atoms with E-state index in [1.54, 1.807) is 26.6 Å². The van der Waals surface area contributed by atoms with Gasteiger partial charge in [-0.2, -0.15) is 5.10 Å². The molecule has 0 aliphatic carbocycles. The molecule has 1 aliphatic heterocycles. The number of rotatable bonds is 8. The number of hydrogen-bond acceptors (Lipinski definition) is 7. The Morgan fingerprint density at radius 3 is 2.42 bits per heavy atom. The third-order valence-corrected chi connectivity index (χ3v) is 6.00. The van der Waals surface area contributed by atoms with Crippen molar-refractivity contribution < 1.29 is 14.3 Å². The second-order valence-corrected chi connectivity index (χ2v) is 8.35. The van der Waals surface area contributed by atoms with E-state index in [4.69, 9.17) is 9.47 Å². The number of benzene rings is 1. The highest BCUT2D eigenvalue weighted by Gasteiger charge is 2.20. The van der Waals surface area contributed by atoms with Gasteiger partial charge in [-0.25, -0.2) is 4.98 Å². The van der Waals surface area contributed by atoms with E-state index in [0.29, 0.717) is 18.2 Å². The number of aromatic amines is 1. The summed E-state index contributed by atoms with van der Waals surface area (Å²) in [7, 11) is 5.40. The number of aryl methyl sites for hydroxylation is 2. The minimum absolute atomic E-state index is 0.284. The lowest BCUT2D eigenvalue weighted by molar-refractivity contribution is 0.102. The topological polar surface area (TPSA) is 105 Å². The summed E-state index contributed by atoms with van der Waals surface area (Å²) in [5.41, 5.74) is 3.17. The molecule has 0 radical (unpaired) electrons. The zero-order valence-corrected chi connectivity index (χ0v) is 19.3. The predicted molar refractivity (Wildman–Crippen MR) is 125 cm³/mol. The maximum Gasteiger partial charge on any atom is 0.276 e. The molecule has 4 rings (SSSR count). The fourth-order valence-electron chi connectivity index (χ4n) is 4.00. The molecule has 0 spiro atoms. The standard InChI is InChI=1S/C24H30N6O3/c1-30-8-6-17(7-9-30)21-14-26-22(15-25-21)24(31)27-23-12-18(28-29-23)5-4-16-10-19(32-2)13-20(11-16)33-3/h10-15,17H,4-9H2,1-3H3,(H2,27,28,29,31). The van der Waals surface area contributed by atoms with Gasteiger partial charge >= 0.3 is 0 Å². The van der Waals surface area contributed by atoms with Crippen LogP contribution in [0.1, 0.15) is 46.2 Å². The van der Waals surface area contributed by atoms with Gasteiger partial charge in [0.25, 0.3) is 5.91 Å². The Bertz CT molecular complexity index is 1050. The number of nitrogens with one attached hydrogen (secondary N) is 2. The van der Waals surface area contributed by atoms with Crippen LogP contribution in [-0.4, -0.2) is 65.3 Å². The number of amides is 1. The van der Waals surface area contributed by atoms with Gasteiger partial charge in [-0.3, -0.25) is 14.9 Å². The van der Waals surface area contributed by atoms with E-state index in [9.17, 15) is 4.79 Å². The third-order valence-electron chi connectivity index (χ3n) is 6.00. The molecule has 0 bridgehead atoms. The Morgan fingerprint density at radius 2 is 1.79 bits per heavy atom. The molecule has 1 amide bonds. The Kier molecular flexibility index (Phi) is 7.19. The first-order valence-electron chi connectivity index (χ1n) is 11.1. The van der Waals surface area contributed by atoms with E-state index in [-0.39, 0.29) is 11.6 Å². The largest absolute Gasteiger partial charge is 0.497 e. The van der Waals surface area contributed by atoms with Gasteiger partial charge in [0.2, 0.25) is 0 Å². The second kappa shape index (κ2) is 10.4. The number of aromatic nitrogens is 4. The SMILES string of the molecule is COc1cc(CCc2cc(NC(=O)c3cnc(C4CCN(C)CC4)cn3)[nH]n2)cc(OC)c1. The summed E-state index contributed by atoms with van der Waals surface area (Å²) in [5, 5.41) is 9.99. The number of nitrogens with zero attached hydrogens (tertiary/aromatic N) is 4. The van der Waals surface area contributed by atoms with Crippen molar-refractivity contribution >= 4 is 11.7 Å². The molecule has 1 saturated heterocycles. The molecule has 1 aliphatic rings. The molecule has 1 aromatic carbocycles.